The quantitative estimate of drug-likeness (QED) is 0.432. The van der Waals surface area contributed by atoms with Crippen molar-refractivity contribution in [1.29, 1.82) is 0 Å². The van der Waals surface area contributed by atoms with Gasteiger partial charge in [-0.3, -0.25) is 14.3 Å². The lowest BCUT2D eigenvalue weighted by Gasteiger charge is -2.40. The molecule has 1 aromatic carbocycles. The number of carbonyl (C=O) groups excluding carboxylic acids is 2. The van der Waals surface area contributed by atoms with E-state index >= 15 is 0 Å². The number of hydrogen-bond acceptors (Lipinski definition) is 7. The molecule has 10 nitrogen and oxygen atoms in total. The molecule has 2 fully saturated rings. The van der Waals surface area contributed by atoms with Crippen LogP contribution in [0.15, 0.2) is 39.1 Å². The van der Waals surface area contributed by atoms with Crippen LogP contribution in [0, 0.1) is 11.8 Å². The van der Waals surface area contributed by atoms with Crippen molar-refractivity contribution in [3.8, 4) is 0 Å². The number of fused-ring (bicyclic) bond motifs is 1. The standard InChI is InChI=1S/C23H30N4O6S2/c1-14(2)8-9-15-13-27(17-6-4-5-7-17)23(29)20(21(15)28)22-24-18-11-10-16(25-34(3,30)31)12-19(18)35(32,33)26-22/h8,10-12,15,17,20,25H,4-7,9,13H2,1-3H3,(H,24,26). The fourth-order valence-electron chi connectivity index (χ4n) is 4.89. The Kier molecular flexibility index (Phi) is 6.80. The molecule has 0 bridgehead atoms. The lowest BCUT2D eigenvalue weighted by molar-refractivity contribution is -0.148. The highest BCUT2D eigenvalue weighted by molar-refractivity contribution is 7.92. The fraction of sp³-hybridized carbons (Fsp3) is 0.522. The zero-order valence-corrected chi connectivity index (χ0v) is 21.6. The van der Waals surface area contributed by atoms with Gasteiger partial charge < -0.3 is 10.2 Å². The summed E-state index contributed by atoms with van der Waals surface area (Å²) in [7, 11) is -7.91. The number of ketones is 1. The van der Waals surface area contributed by atoms with Gasteiger partial charge in [0.1, 0.15) is 10.7 Å². The number of hydrogen-bond donors (Lipinski definition) is 2. The molecule has 3 aliphatic rings. The number of carbonyl (C=O) groups is 2. The second kappa shape index (κ2) is 9.38. The van der Waals surface area contributed by atoms with Crippen molar-refractivity contribution in [1.82, 2.24) is 4.90 Å². The number of nitrogens with one attached hydrogen (secondary N) is 2. The van der Waals surface area contributed by atoms with E-state index in [-0.39, 0.29) is 33.9 Å². The number of Topliss-reactive ketones (excluding diaryl/α,β-unsaturated/α-hetero) is 1. The first-order valence-corrected chi connectivity index (χ1v) is 14.9. The van der Waals surface area contributed by atoms with Crippen LogP contribution in [0.1, 0.15) is 46.0 Å². The van der Waals surface area contributed by atoms with Crippen LogP contribution in [0.5, 0.6) is 0 Å². The van der Waals surface area contributed by atoms with Crippen LogP contribution in [0.25, 0.3) is 0 Å². The van der Waals surface area contributed by atoms with Crippen LogP contribution in [-0.4, -0.2) is 58.1 Å². The van der Waals surface area contributed by atoms with Gasteiger partial charge >= 0.3 is 0 Å². The monoisotopic (exact) mass is 522 g/mol. The minimum absolute atomic E-state index is 0.0324. The predicted octanol–water partition coefficient (Wildman–Crippen LogP) is 2.51. The van der Waals surface area contributed by atoms with Crippen molar-refractivity contribution in [3.05, 3.63) is 29.8 Å². The van der Waals surface area contributed by atoms with Crippen LogP contribution < -0.4 is 10.0 Å². The van der Waals surface area contributed by atoms with Crippen LogP contribution in [0.3, 0.4) is 0 Å². The molecule has 190 valence electrons. The third-order valence-corrected chi connectivity index (χ3v) is 8.46. The number of piperidine rings is 1. The van der Waals surface area contributed by atoms with Gasteiger partial charge in [0.25, 0.3) is 10.0 Å². The van der Waals surface area contributed by atoms with Crippen molar-refractivity contribution in [2.24, 2.45) is 16.2 Å². The predicted molar refractivity (Wildman–Crippen MR) is 133 cm³/mol. The molecule has 1 aliphatic carbocycles. The number of amidine groups is 1. The summed E-state index contributed by atoms with van der Waals surface area (Å²) >= 11 is 0. The molecule has 2 atom stereocenters. The Morgan fingerprint density at radius 3 is 2.54 bits per heavy atom. The summed E-state index contributed by atoms with van der Waals surface area (Å²) in [6.07, 6.45) is 7.12. The van der Waals surface area contributed by atoms with Gasteiger partial charge in [0.05, 0.1) is 11.9 Å². The molecular formula is C23H30N4O6S2. The maximum Gasteiger partial charge on any atom is 0.286 e. The smallest absolute Gasteiger partial charge is 0.286 e. The van der Waals surface area contributed by atoms with Gasteiger partial charge in [-0.15, -0.1) is 4.40 Å². The zero-order chi connectivity index (χ0) is 25.5. The van der Waals surface area contributed by atoms with Crippen LogP contribution >= 0.6 is 0 Å². The first-order chi connectivity index (χ1) is 16.4. The highest BCUT2D eigenvalue weighted by Crippen LogP contribution is 2.36. The third-order valence-electron chi connectivity index (χ3n) is 6.53. The van der Waals surface area contributed by atoms with Crippen molar-refractivity contribution < 1.29 is 26.4 Å². The normalized spacial score (nSPS) is 24.4. The van der Waals surface area contributed by atoms with Gasteiger partial charge in [-0.05, 0) is 51.3 Å². The van der Waals surface area contributed by atoms with Crippen LogP contribution in [0.4, 0.5) is 11.4 Å². The third kappa shape index (κ3) is 5.43. The molecule has 0 spiro atoms. The maximum atomic E-state index is 13.5. The van der Waals surface area contributed by atoms with E-state index in [1.165, 1.54) is 12.1 Å². The van der Waals surface area contributed by atoms with Gasteiger partial charge in [0, 0.05) is 24.2 Å². The molecular weight excluding hydrogens is 492 g/mol. The number of nitrogens with zero attached hydrogens (tertiary/aromatic N) is 2. The highest BCUT2D eigenvalue weighted by atomic mass is 32.2. The maximum absolute atomic E-state index is 13.5. The molecule has 35 heavy (non-hydrogen) atoms. The van der Waals surface area contributed by atoms with E-state index in [4.69, 9.17) is 0 Å². The summed E-state index contributed by atoms with van der Waals surface area (Å²) in [5.41, 5.74) is 1.25. The fourth-order valence-corrected chi connectivity index (χ4v) is 6.62. The van der Waals surface area contributed by atoms with Gasteiger partial charge in [0.15, 0.2) is 11.7 Å². The molecule has 12 heteroatoms. The zero-order valence-electron chi connectivity index (χ0n) is 19.9. The Labute approximate surface area is 206 Å². The molecule has 0 radical (unpaired) electrons. The minimum Gasteiger partial charge on any atom is -0.341 e. The molecule has 1 amide bonds. The summed E-state index contributed by atoms with van der Waals surface area (Å²) in [4.78, 5) is 28.5. The average Bonchev–Trinajstić information content (AvgIpc) is 3.27. The lowest BCUT2D eigenvalue weighted by Crippen LogP contribution is -2.57. The SMILES string of the molecule is CC(C)=CCC1CN(C2CCCC2)C(=O)C(C2=NS(=O)(=O)c3cc(NS(C)(=O)=O)ccc3N2)C1=O. The number of benzene rings is 1. The molecule has 1 saturated carbocycles. The first kappa shape index (κ1) is 25.4. The van der Waals surface area contributed by atoms with Crippen molar-refractivity contribution >= 4 is 48.9 Å². The van der Waals surface area contributed by atoms with E-state index in [0.29, 0.717) is 13.0 Å². The topological polar surface area (TPSA) is 142 Å². The molecule has 1 aromatic rings. The van der Waals surface area contributed by atoms with Gasteiger partial charge in [0.2, 0.25) is 15.9 Å². The molecule has 2 N–H and O–H groups in total. The van der Waals surface area contributed by atoms with E-state index < -0.39 is 37.8 Å². The van der Waals surface area contributed by atoms with Crippen LogP contribution in [-0.2, 0) is 29.6 Å². The molecule has 2 aliphatic heterocycles. The Bertz CT molecular complexity index is 1320. The summed E-state index contributed by atoms with van der Waals surface area (Å²) in [6, 6.07) is 3.98. The van der Waals surface area contributed by atoms with Gasteiger partial charge in [-0.2, -0.15) is 8.42 Å². The molecule has 4 rings (SSSR count). The molecule has 2 heterocycles. The first-order valence-electron chi connectivity index (χ1n) is 11.6. The number of sulfonamides is 2. The minimum atomic E-state index is -4.29. The Morgan fingerprint density at radius 1 is 1.23 bits per heavy atom. The number of allylic oxidation sites excluding steroid dienone is 2. The molecule has 0 aromatic heterocycles. The number of rotatable bonds is 6. The van der Waals surface area contributed by atoms with Crippen molar-refractivity contribution in [3.63, 3.8) is 0 Å². The molecule has 2 unspecified atom stereocenters. The van der Waals surface area contributed by atoms with Crippen molar-refractivity contribution in [2.45, 2.75) is 56.9 Å². The number of likely N-dealkylation sites (tertiary alicyclic amines) is 1. The average molecular weight is 523 g/mol. The van der Waals surface area contributed by atoms with E-state index in [9.17, 15) is 26.4 Å². The van der Waals surface area contributed by atoms with Gasteiger partial charge in [-0.1, -0.05) is 24.5 Å². The molecule has 1 saturated heterocycles. The summed E-state index contributed by atoms with van der Waals surface area (Å²) in [6.45, 7) is 4.20. The van der Waals surface area contributed by atoms with E-state index in [1.54, 1.807) is 4.90 Å². The summed E-state index contributed by atoms with van der Waals surface area (Å²) in [5, 5.41) is 2.88. The second-order valence-electron chi connectivity index (χ2n) is 9.64. The van der Waals surface area contributed by atoms with E-state index in [2.05, 4.69) is 14.4 Å². The second-order valence-corrected chi connectivity index (χ2v) is 13.0. The van der Waals surface area contributed by atoms with E-state index in [1.807, 2.05) is 19.9 Å². The highest BCUT2D eigenvalue weighted by Gasteiger charge is 2.48. The largest absolute Gasteiger partial charge is 0.341 e. The summed E-state index contributed by atoms with van der Waals surface area (Å²) in [5.74, 6) is -2.77. The van der Waals surface area contributed by atoms with E-state index in [0.717, 1.165) is 43.6 Å². The summed E-state index contributed by atoms with van der Waals surface area (Å²) < 4.78 is 55.2. The van der Waals surface area contributed by atoms with Crippen LogP contribution in [0.2, 0.25) is 0 Å². The lowest BCUT2D eigenvalue weighted by atomic mass is 9.82. The Hall–Kier alpha value is -2.73. The Morgan fingerprint density at radius 2 is 1.91 bits per heavy atom. The number of amides is 1. The van der Waals surface area contributed by atoms with Crippen molar-refractivity contribution in [2.75, 3.05) is 22.8 Å². The number of anilines is 2. The van der Waals surface area contributed by atoms with Gasteiger partial charge in [-0.25, -0.2) is 8.42 Å². The Balaban J connectivity index is 1.71.